The van der Waals surface area contributed by atoms with Crippen LogP contribution in [-0.4, -0.2) is 26.2 Å². The number of halogens is 3. The number of aromatic amines is 1. The third-order valence-electron chi connectivity index (χ3n) is 2.70. The standard InChI is InChI=1S/C11H8F2N4OS.ClH/c1-4-9(16-17-11(18)19-4)10-14-7-2-5(12)6(13)3-8(7)15-10;/h2-4H,1H3,(H,14,15)(H,17,18);1H. The van der Waals surface area contributed by atoms with Gasteiger partial charge in [0.05, 0.1) is 16.3 Å². The van der Waals surface area contributed by atoms with E-state index in [4.69, 9.17) is 0 Å². The van der Waals surface area contributed by atoms with Crippen molar-refractivity contribution in [2.45, 2.75) is 12.2 Å². The number of amides is 1. The Bertz CT molecular complexity index is 679. The molecule has 0 fully saturated rings. The molecule has 0 aliphatic carbocycles. The summed E-state index contributed by atoms with van der Waals surface area (Å²) in [7, 11) is 0. The van der Waals surface area contributed by atoms with Crippen molar-refractivity contribution in [1.29, 1.82) is 0 Å². The first-order valence-electron chi connectivity index (χ1n) is 5.44. The summed E-state index contributed by atoms with van der Waals surface area (Å²) in [6, 6.07) is 2.06. The van der Waals surface area contributed by atoms with Crippen molar-refractivity contribution in [2.75, 3.05) is 0 Å². The van der Waals surface area contributed by atoms with Crippen LogP contribution in [0.2, 0.25) is 0 Å². The lowest BCUT2D eigenvalue weighted by atomic mass is 10.3. The Kier molecular flexibility index (Phi) is 3.96. The molecule has 1 aromatic heterocycles. The highest BCUT2D eigenvalue weighted by Crippen LogP contribution is 2.22. The van der Waals surface area contributed by atoms with Gasteiger partial charge in [0.1, 0.15) is 5.71 Å². The number of carbonyl (C=O) groups excluding carboxylic acids is 1. The minimum Gasteiger partial charge on any atom is -0.337 e. The SMILES string of the molecule is CC1SC(=O)NN=C1c1nc2cc(F)c(F)cc2[nH]1.Cl. The fourth-order valence-electron chi connectivity index (χ4n) is 1.81. The summed E-state index contributed by atoms with van der Waals surface area (Å²) in [4.78, 5) is 18.1. The number of hydrogen-bond acceptors (Lipinski definition) is 4. The molecule has 0 saturated heterocycles. The number of benzene rings is 1. The Balaban J connectivity index is 0.00000147. The number of imidazole rings is 1. The monoisotopic (exact) mass is 318 g/mol. The maximum atomic E-state index is 13.1. The first kappa shape index (κ1) is 14.7. The molecule has 106 valence electrons. The maximum absolute atomic E-state index is 13.1. The van der Waals surface area contributed by atoms with E-state index in [2.05, 4.69) is 20.5 Å². The number of nitrogens with one attached hydrogen (secondary N) is 2. The van der Waals surface area contributed by atoms with Crippen molar-refractivity contribution in [1.82, 2.24) is 15.4 Å². The molecule has 20 heavy (non-hydrogen) atoms. The molecule has 1 unspecified atom stereocenters. The largest absolute Gasteiger partial charge is 0.337 e. The molecular weight excluding hydrogens is 310 g/mol. The highest BCUT2D eigenvalue weighted by atomic mass is 35.5. The van der Waals surface area contributed by atoms with E-state index in [1.54, 1.807) is 6.92 Å². The molecule has 9 heteroatoms. The van der Waals surface area contributed by atoms with E-state index in [1.807, 2.05) is 0 Å². The molecule has 1 aliphatic heterocycles. The van der Waals surface area contributed by atoms with Crippen molar-refractivity contribution >= 4 is 46.2 Å². The van der Waals surface area contributed by atoms with Gasteiger partial charge in [-0.1, -0.05) is 11.8 Å². The third kappa shape index (κ3) is 2.48. The Hall–Kier alpha value is -1.67. The van der Waals surface area contributed by atoms with Crippen LogP contribution >= 0.6 is 24.2 Å². The number of hydrazone groups is 1. The fourth-order valence-corrected chi connectivity index (χ4v) is 2.51. The van der Waals surface area contributed by atoms with Gasteiger partial charge in [-0.05, 0) is 6.92 Å². The van der Waals surface area contributed by atoms with Crippen molar-refractivity contribution in [3.8, 4) is 0 Å². The van der Waals surface area contributed by atoms with Gasteiger partial charge >= 0.3 is 0 Å². The average Bonchev–Trinajstić information content (AvgIpc) is 2.72. The van der Waals surface area contributed by atoms with Crippen molar-refractivity contribution in [2.24, 2.45) is 5.10 Å². The Labute approximate surface area is 122 Å². The number of hydrogen-bond donors (Lipinski definition) is 2. The van der Waals surface area contributed by atoms with Gasteiger partial charge in [-0.2, -0.15) is 5.10 Å². The van der Waals surface area contributed by atoms with E-state index < -0.39 is 11.6 Å². The minimum atomic E-state index is -0.952. The predicted molar refractivity (Wildman–Crippen MR) is 75.4 cm³/mol. The summed E-state index contributed by atoms with van der Waals surface area (Å²) in [6.45, 7) is 1.80. The number of carbonyl (C=O) groups is 1. The number of aromatic nitrogens is 2. The number of H-pyrrole nitrogens is 1. The molecular formula is C11H9ClF2N4OS. The topological polar surface area (TPSA) is 70.1 Å². The average molecular weight is 319 g/mol. The second-order valence-corrected chi connectivity index (χ2v) is 5.34. The van der Waals surface area contributed by atoms with Crippen LogP contribution in [0.4, 0.5) is 13.6 Å². The highest BCUT2D eigenvalue weighted by Gasteiger charge is 2.25. The quantitative estimate of drug-likeness (QED) is 0.849. The zero-order chi connectivity index (χ0) is 13.6. The van der Waals surface area contributed by atoms with Gasteiger partial charge in [-0.15, -0.1) is 12.4 Å². The molecule has 1 aromatic carbocycles. The normalized spacial score (nSPS) is 18.4. The van der Waals surface area contributed by atoms with E-state index in [-0.39, 0.29) is 22.9 Å². The Morgan fingerprint density at radius 3 is 2.70 bits per heavy atom. The molecule has 1 amide bonds. The molecule has 3 rings (SSSR count). The van der Waals surface area contributed by atoms with Crippen molar-refractivity contribution in [3.05, 3.63) is 29.6 Å². The van der Waals surface area contributed by atoms with Gasteiger partial charge in [-0.3, -0.25) is 4.79 Å². The predicted octanol–water partition coefficient (Wildman–Crippen LogP) is 2.81. The zero-order valence-electron chi connectivity index (χ0n) is 10.1. The maximum Gasteiger partial charge on any atom is 0.299 e. The molecule has 0 saturated carbocycles. The van der Waals surface area contributed by atoms with Gasteiger partial charge in [0.2, 0.25) is 0 Å². The minimum absolute atomic E-state index is 0. The summed E-state index contributed by atoms with van der Waals surface area (Å²) in [5.41, 5.74) is 3.55. The van der Waals surface area contributed by atoms with Crippen LogP contribution in [0.1, 0.15) is 12.7 Å². The Morgan fingerprint density at radius 1 is 1.30 bits per heavy atom. The van der Waals surface area contributed by atoms with Gasteiger partial charge in [0, 0.05) is 12.1 Å². The van der Waals surface area contributed by atoms with Crippen LogP contribution < -0.4 is 5.43 Å². The molecule has 0 spiro atoms. The number of nitrogens with zero attached hydrogens (tertiary/aromatic N) is 2. The molecule has 5 nitrogen and oxygen atoms in total. The second-order valence-electron chi connectivity index (χ2n) is 4.03. The molecule has 0 radical (unpaired) electrons. The lowest BCUT2D eigenvalue weighted by Crippen LogP contribution is -2.30. The lowest BCUT2D eigenvalue weighted by molar-refractivity contribution is 0.261. The van der Waals surface area contributed by atoms with Gasteiger partial charge in [-0.25, -0.2) is 19.2 Å². The Morgan fingerprint density at radius 2 is 2.00 bits per heavy atom. The first-order chi connectivity index (χ1) is 9.04. The van der Waals surface area contributed by atoms with Crippen LogP contribution in [0.3, 0.4) is 0 Å². The van der Waals surface area contributed by atoms with Crippen molar-refractivity contribution in [3.63, 3.8) is 0 Å². The summed E-state index contributed by atoms with van der Waals surface area (Å²) >= 11 is 1.07. The molecule has 2 aromatic rings. The smallest absolute Gasteiger partial charge is 0.299 e. The van der Waals surface area contributed by atoms with Crippen LogP contribution in [-0.2, 0) is 0 Å². The number of fused-ring (bicyclic) bond motifs is 1. The second kappa shape index (κ2) is 5.37. The summed E-state index contributed by atoms with van der Waals surface area (Å²) < 4.78 is 26.2. The zero-order valence-corrected chi connectivity index (χ0v) is 11.7. The summed E-state index contributed by atoms with van der Waals surface area (Å²) in [6.07, 6.45) is 0. The fraction of sp³-hybridized carbons (Fsp3) is 0.182. The molecule has 1 atom stereocenters. The molecule has 2 N–H and O–H groups in total. The molecule has 1 aliphatic rings. The van der Waals surface area contributed by atoms with Crippen LogP contribution in [0.15, 0.2) is 17.2 Å². The van der Waals surface area contributed by atoms with Gasteiger partial charge < -0.3 is 4.98 Å². The van der Waals surface area contributed by atoms with Crippen LogP contribution in [0.5, 0.6) is 0 Å². The van der Waals surface area contributed by atoms with Gasteiger partial charge in [0.15, 0.2) is 17.5 Å². The molecule has 2 heterocycles. The lowest BCUT2D eigenvalue weighted by Gasteiger charge is -2.16. The van der Waals surface area contributed by atoms with E-state index in [0.717, 1.165) is 23.9 Å². The summed E-state index contributed by atoms with van der Waals surface area (Å²) in [5, 5.41) is 3.48. The molecule has 0 bridgehead atoms. The highest BCUT2D eigenvalue weighted by molar-refractivity contribution is 8.14. The number of rotatable bonds is 1. The van der Waals surface area contributed by atoms with Gasteiger partial charge in [0.25, 0.3) is 5.24 Å². The van der Waals surface area contributed by atoms with E-state index in [1.165, 1.54) is 0 Å². The van der Waals surface area contributed by atoms with E-state index in [9.17, 15) is 13.6 Å². The van der Waals surface area contributed by atoms with Crippen molar-refractivity contribution < 1.29 is 13.6 Å². The third-order valence-corrected chi connectivity index (χ3v) is 3.59. The summed E-state index contributed by atoms with van der Waals surface area (Å²) in [5.74, 6) is -1.50. The van der Waals surface area contributed by atoms with E-state index >= 15 is 0 Å². The van der Waals surface area contributed by atoms with E-state index in [0.29, 0.717) is 22.6 Å². The van der Waals surface area contributed by atoms with Crippen LogP contribution in [0, 0.1) is 11.6 Å². The number of thioether (sulfide) groups is 1. The van der Waals surface area contributed by atoms with Crippen LogP contribution in [0.25, 0.3) is 11.0 Å². The first-order valence-corrected chi connectivity index (χ1v) is 6.32.